The van der Waals surface area contributed by atoms with Gasteiger partial charge in [0, 0.05) is 18.6 Å². The quantitative estimate of drug-likeness (QED) is 0.814. The van der Waals surface area contributed by atoms with Crippen molar-refractivity contribution in [3.8, 4) is 0 Å². The molecule has 0 aromatic carbocycles. The van der Waals surface area contributed by atoms with Gasteiger partial charge in [0.2, 0.25) is 0 Å². The summed E-state index contributed by atoms with van der Waals surface area (Å²) in [5.41, 5.74) is 0. The van der Waals surface area contributed by atoms with Crippen LogP contribution in [0.2, 0.25) is 0 Å². The first-order valence-electron chi connectivity index (χ1n) is 8.73. The molecule has 0 aromatic heterocycles. The largest absolute Gasteiger partial charge is 0.392 e. The summed E-state index contributed by atoms with van der Waals surface area (Å²) in [4.78, 5) is 2.74. The van der Waals surface area contributed by atoms with Crippen molar-refractivity contribution in [2.24, 2.45) is 11.8 Å². The van der Waals surface area contributed by atoms with Crippen LogP contribution in [0.4, 0.5) is 0 Å². The third-order valence-corrected chi connectivity index (χ3v) is 5.45. The Balaban J connectivity index is 1.69. The molecule has 1 aliphatic carbocycles. The Labute approximate surface area is 125 Å². The van der Waals surface area contributed by atoms with Gasteiger partial charge < -0.3 is 15.3 Å². The molecule has 1 saturated heterocycles. The molecule has 2 aliphatic rings. The average molecular weight is 282 g/mol. The minimum Gasteiger partial charge on any atom is -0.392 e. The lowest BCUT2D eigenvalue weighted by Gasteiger charge is -2.42. The fourth-order valence-electron chi connectivity index (χ4n) is 3.80. The van der Waals surface area contributed by atoms with Gasteiger partial charge in [-0.2, -0.15) is 0 Å². The Morgan fingerprint density at radius 3 is 2.35 bits per heavy atom. The molecule has 0 bridgehead atoms. The standard InChI is InChI=1S/C17H34N2O/c1-13(2)17(20)12-18-15-8-10-19(11-9-15)16-7-5-4-6-14(16)3/h13-18,20H,4-12H2,1-3H3. The second-order valence-corrected chi connectivity index (χ2v) is 7.36. The fourth-order valence-corrected chi connectivity index (χ4v) is 3.80. The molecular formula is C17H34N2O. The van der Waals surface area contributed by atoms with Crippen molar-refractivity contribution >= 4 is 0 Å². The normalized spacial score (nSPS) is 31.6. The molecular weight excluding hydrogens is 248 g/mol. The van der Waals surface area contributed by atoms with Gasteiger partial charge in [0.05, 0.1) is 6.10 Å². The van der Waals surface area contributed by atoms with E-state index < -0.39 is 0 Å². The van der Waals surface area contributed by atoms with E-state index in [1.807, 2.05) is 0 Å². The summed E-state index contributed by atoms with van der Waals surface area (Å²) in [6.07, 6.45) is 7.97. The summed E-state index contributed by atoms with van der Waals surface area (Å²) in [6.45, 7) is 9.84. The zero-order valence-corrected chi connectivity index (χ0v) is 13.6. The van der Waals surface area contributed by atoms with E-state index in [1.165, 1.54) is 51.6 Å². The number of likely N-dealkylation sites (tertiary alicyclic amines) is 1. The molecule has 0 aromatic rings. The predicted molar refractivity (Wildman–Crippen MR) is 84.9 cm³/mol. The van der Waals surface area contributed by atoms with E-state index in [-0.39, 0.29) is 6.10 Å². The van der Waals surface area contributed by atoms with Gasteiger partial charge in [-0.05, 0) is 50.6 Å². The van der Waals surface area contributed by atoms with Crippen LogP contribution >= 0.6 is 0 Å². The van der Waals surface area contributed by atoms with Crippen LogP contribution in [0.15, 0.2) is 0 Å². The molecule has 3 unspecified atom stereocenters. The van der Waals surface area contributed by atoms with Crippen molar-refractivity contribution in [1.29, 1.82) is 0 Å². The van der Waals surface area contributed by atoms with E-state index in [0.29, 0.717) is 12.0 Å². The van der Waals surface area contributed by atoms with Crippen molar-refractivity contribution in [1.82, 2.24) is 10.2 Å². The number of aliphatic hydroxyl groups is 1. The van der Waals surface area contributed by atoms with Crippen LogP contribution in [0.1, 0.15) is 59.3 Å². The molecule has 118 valence electrons. The fraction of sp³-hybridized carbons (Fsp3) is 1.00. The first-order chi connectivity index (χ1) is 9.58. The summed E-state index contributed by atoms with van der Waals surface area (Å²) in [5.74, 6) is 1.24. The van der Waals surface area contributed by atoms with Crippen molar-refractivity contribution in [2.45, 2.75) is 77.5 Å². The lowest BCUT2D eigenvalue weighted by Crippen LogP contribution is -2.50. The highest BCUT2D eigenvalue weighted by Crippen LogP contribution is 2.29. The molecule has 1 heterocycles. The molecule has 3 nitrogen and oxygen atoms in total. The third-order valence-electron chi connectivity index (χ3n) is 5.45. The Kier molecular flexibility index (Phi) is 6.31. The van der Waals surface area contributed by atoms with E-state index in [0.717, 1.165) is 18.5 Å². The summed E-state index contributed by atoms with van der Waals surface area (Å²) in [5, 5.41) is 13.4. The predicted octanol–water partition coefficient (Wildman–Crippen LogP) is 2.64. The number of nitrogens with one attached hydrogen (secondary N) is 1. The maximum Gasteiger partial charge on any atom is 0.0687 e. The van der Waals surface area contributed by atoms with Gasteiger partial charge in [-0.3, -0.25) is 0 Å². The number of hydrogen-bond acceptors (Lipinski definition) is 3. The zero-order valence-electron chi connectivity index (χ0n) is 13.6. The first-order valence-corrected chi connectivity index (χ1v) is 8.73. The topological polar surface area (TPSA) is 35.5 Å². The summed E-state index contributed by atoms with van der Waals surface area (Å²) in [7, 11) is 0. The highest BCUT2D eigenvalue weighted by molar-refractivity contribution is 4.86. The summed E-state index contributed by atoms with van der Waals surface area (Å²) >= 11 is 0. The highest BCUT2D eigenvalue weighted by atomic mass is 16.3. The minimum absolute atomic E-state index is 0.202. The van der Waals surface area contributed by atoms with Crippen LogP contribution in [0.3, 0.4) is 0 Å². The molecule has 1 saturated carbocycles. The van der Waals surface area contributed by atoms with Gasteiger partial charge in [0.1, 0.15) is 0 Å². The molecule has 1 aliphatic heterocycles. The average Bonchev–Trinajstić information content (AvgIpc) is 2.46. The number of rotatable bonds is 5. The molecule has 3 atom stereocenters. The molecule has 2 fully saturated rings. The van der Waals surface area contributed by atoms with Gasteiger partial charge in [0.25, 0.3) is 0 Å². The molecule has 0 amide bonds. The number of piperidine rings is 1. The Bertz CT molecular complexity index is 274. The van der Waals surface area contributed by atoms with Crippen LogP contribution in [0.5, 0.6) is 0 Å². The molecule has 0 spiro atoms. The molecule has 2 rings (SSSR count). The van der Waals surface area contributed by atoms with Crippen LogP contribution in [-0.4, -0.2) is 47.8 Å². The summed E-state index contributed by atoms with van der Waals surface area (Å²) < 4.78 is 0. The van der Waals surface area contributed by atoms with Crippen molar-refractivity contribution < 1.29 is 5.11 Å². The van der Waals surface area contributed by atoms with Gasteiger partial charge in [0.15, 0.2) is 0 Å². The maximum absolute atomic E-state index is 9.87. The van der Waals surface area contributed by atoms with Crippen molar-refractivity contribution in [2.75, 3.05) is 19.6 Å². The number of nitrogens with zero attached hydrogens (tertiary/aromatic N) is 1. The van der Waals surface area contributed by atoms with Crippen LogP contribution in [-0.2, 0) is 0 Å². The second-order valence-electron chi connectivity index (χ2n) is 7.36. The van der Waals surface area contributed by atoms with E-state index in [9.17, 15) is 5.11 Å². The third kappa shape index (κ3) is 4.44. The molecule has 2 N–H and O–H groups in total. The first kappa shape index (κ1) is 16.3. The van der Waals surface area contributed by atoms with Crippen LogP contribution < -0.4 is 5.32 Å². The van der Waals surface area contributed by atoms with Gasteiger partial charge in [-0.1, -0.05) is 33.6 Å². The highest BCUT2D eigenvalue weighted by Gasteiger charge is 2.30. The Morgan fingerprint density at radius 1 is 1.10 bits per heavy atom. The van der Waals surface area contributed by atoms with E-state index >= 15 is 0 Å². The number of hydrogen-bond donors (Lipinski definition) is 2. The Morgan fingerprint density at radius 2 is 1.75 bits per heavy atom. The lowest BCUT2D eigenvalue weighted by atomic mass is 9.84. The van der Waals surface area contributed by atoms with Crippen molar-refractivity contribution in [3.63, 3.8) is 0 Å². The van der Waals surface area contributed by atoms with E-state index in [4.69, 9.17) is 0 Å². The SMILES string of the molecule is CC(C)C(O)CNC1CCN(C2CCCCC2C)CC1. The molecule has 20 heavy (non-hydrogen) atoms. The van der Waals surface area contributed by atoms with E-state index in [2.05, 4.69) is 31.0 Å². The van der Waals surface area contributed by atoms with Gasteiger partial charge in [-0.15, -0.1) is 0 Å². The van der Waals surface area contributed by atoms with Crippen molar-refractivity contribution in [3.05, 3.63) is 0 Å². The summed E-state index contributed by atoms with van der Waals surface area (Å²) in [6, 6.07) is 1.45. The monoisotopic (exact) mass is 282 g/mol. The lowest BCUT2D eigenvalue weighted by molar-refractivity contribution is 0.0740. The Hall–Kier alpha value is -0.120. The molecule has 0 radical (unpaired) electrons. The zero-order chi connectivity index (χ0) is 14.5. The smallest absolute Gasteiger partial charge is 0.0687 e. The second kappa shape index (κ2) is 7.77. The van der Waals surface area contributed by atoms with E-state index in [1.54, 1.807) is 0 Å². The molecule has 3 heteroatoms. The maximum atomic E-state index is 9.87. The number of aliphatic hydroxyl groups excluding tert-OH is 1. The minimum atomic E-state index is -0.202. The van der Waals surface area contributed by atoms with Gasteiger partial charge >= 0.3 is 0 Å². The van der Waals surface area contributed by atoms with Crippen LogP contribution in [0.25, 0.3) is 0 Å². The van der Waals surface area contributed by atoms with Crippen LogP contribution in [0, 0.1) is 11.8 Å². The van der Waals surface area contributed by atoms with Gasteiger partial charge in [-0.25, -0.2) is 0 Å².